The third-order valence-corrected chi connectivity index (χ3v) is 2.59. The maximum absolute atomic E-state index is 11.9. The zero-order chi connectivity index (χ0) is 13.1. The van der Waals surface area contributed by atoms with Crippen molar-refractivity contribution in [1.82, 2.24) is 4.90 Å². The molecule has 1 aliphatic rings. The molecule has 0 saturated carbocycles. The van der Waals surface area contributed by atoms with E-state index in [1.54, 1.807) is 4.90 Å². The smallest absolute Gasteiger partial charge is 0.410 e. The number of ether oxygens (including phenoxy) is 1. The Balaban J connectivity index is 2.60. The average Bonchev–Trinajstić information content (AvgIpc) is 2.63. The van der Waals surface area contributed by atoms with Gasteiger partial charge in [-0.15, -0.1) is 6.42 Å². The van der Waals surface area contributed by atoms with Gasteiger partial charge in [0.2, 0.25) is 5.78 Å². The van der Waals surface area contributed by atoms with Crippen LogP contribution >= 0.6 is 0 Å². The number of carbonyl (C=O) groups excluding carboxylic acids is 2. The number of hydrogen-bond donors (Lipinski definition) is 0. The number of amides is 1. The van der Waals surface area contributed by atoms with Gasteiger partial charge in [-0.2, -0.15) is 0 Å². The van der Waals surface area contributed by atoms with Crippen molar-refractivity contribution in [3.8, 4) is 12.3 Å². The van der Waals surface area contributed by atoms with Crippen molar-refractivity contribution in [1.29, 1.82) is 0 Å². The number of hydrogen-bond acceptors (Lipinski definition) is 3. The van der Waals surface area contributed by atoms with E-state index < -0.39 is 5.60 Å². The fourth-order valence-electron chi connectivity index (χ4n) is 1.88. The molecule has 1 rings (SSSR count). The van der Waals surface area contributed by atoms with E-state index in [9.17, 15) is 9.59 Å². The molecule has 1 fully saturated rings. The van der Waals surface area contributed by atoms with Crippen LogP contribution < -0.4 is 0 Å². The quantitative estimate of drug-likeness (QED) is 0.545. The van der Waals surface area contributed by atoms with Crippen LogP contribution in [0.3, 0.4) is 0 Å². The highest BCUT2D eigenvalue weighted by Gasteiger charge is 2.32. The van der Waals surface area contributed by atoms with Crippen LogP contribution in [-0.2, 0) is 9.53 Å². The van der Waals surface area contributed by atoms with Gasteiger partial charge in [0, 0.05) is 19.0 Å². The Bertz CT molecular complexity index is 349. The molecule has 0 spiro atoms. The molecule has 1 aliphatic heterocycles. The van der Waals surface area contributed by atoms with E-state index in [-0.39, 0.29) is 24.3 Å². The topological polar surface area (TPSA) is 46.6 Å². The zero-order valence-electron chi connectivity index (χ0n) is 10.7. The number of carbonyl (C=O) groups is 2. The number of Topliss-reactive ketones (excluding diaryl/α,β-unsaturated/α-hetero) is 1. The number of rotatable bonds is 2. The van der Waals surface area contributed by atoms with Gasteiger partial charge in [0.05, 0.1) is 0 Å². The predicted molar refractivity (Wildman–Crippen MR) is 64.4 cm³/mol. The Morgan fingerprint density at radius 3 is 2.65 bits per heavy atom. The molecular weight excluding hydrogens is 218 g/mol. The second-order valence-corrected chi connectivity index (χ2v) is 5.24. The number of ketones is 1. The Hall–Kier alpha value is -1.50. The molecule has 0 N–H and O–H groups in total. The number of likely N-dealkylation sites (tertiary alicyclic amines) is 1. The molecule has 1 unspecified atom stereocenters. The van der Waals surface area contributed by atoms with Crippen molar-refractivity contribution >= 4 is 11.9 Å². The first-order chi connectivity index (χ1) is 7.83. The monoisotopic (exact) mass is 237 g/mol. The zero-order valence-corrected chi connectivity index (χ0v) is 10.7. The Labute approximate surface area is 102 Å². The highest BCUT2D eigenvalue weighted by molar-refractivity contribution is 5.95. The molecule has 4 heteroatoms. The van der Waals surface area contributed by atoms with Crippen LogP contribution in [0.25, 0.3) is 0 Å². The molecule has 1 heterocycles. The van der Waals surface area contributed by atoms with Crippen LogP contribution in [0.15, 0.2) is 0 Å². The minimum Gasteiger partial charge on any atom is -0.444 e. The standard InChI is InChI=1S/C13H19NO3/c1-5-11(15)9-10-7-6-8-14(10)12(16)17-13(2,3)4/h1,10H,6-9H2,2-4H3. The summed E-state index contributed by atoms with van der Waals surface area (Å²) in [4.78, 5) is 24.7. The van der Waals surface area contributed by atoms with Gasteiger partial charge in [0.25, 0.3) is 0 Å². The fraction of sp³-hybridized carbons (Fsp3) is 0.692. The number of nitrogens with zero attached hydrogens (tertiary/aromatic N) is 1. The summed E-state index contributed by atoms with van der Waals surface area (Å²) in [6, 6.07) is -0.103. The predicted octanol–water partition coefficient (Wildman–Crippen LogP) is 1.98. The summed E-state index contributed by atoms with van der Waals surface area (Å²) < 4.78 is 5.29. The fourth-order valence-corrected chi connectivity index (χ4v) is 1.88. The van der Waals surface area contributed by atoms with Crippen molar-refractivity contribution in [2.24, 2.45) is 0 Å². The maximum Gasteiger partial charge on any atom is 0.410 e. The largest absolute Gasteiger partial charge is 0.444 e. The molecule has 0 radical (unpaired) electrons. The lowest BCUT2D eigenvalue weighted by molar-refractivity contribution is -0.114. The summed E-state index contributed by atoms with van der Waals surface area (Å²) >= 11 is 0. The van der Waals surface area contributed by atoms with E-state index >= 15 is 0 Å². The Kier molecular flexibility index (Phi) is 4.17. The Morgan fingerprint density at radius 1 is 1.47 bits per heavy atom. The molecular formula is C13H19NO3. The highest BCUT2D eigenvalue weighted by atomic mass is 16.6. The van der Waals surface area contributed by atoms with Gasteiger partial charge in [-0.05, 0) is 39.5 Å². The molecule has 94 valence electrons. The van der Waals surface area contributed by atoms with Crippen LogP contribution in [0.5, 0.6) is 0 Å². The maximum atomic E-state index is 11.9. The van der Waals surface area contributed by atoms with Gasteiger partial charge in [-0.1, -0.05) is 0 Å². The first kappa shape index (κ1) is 13.6. The van der Waals surface area contributed by atoms with Crippen molar-refractivity contribution in [2.45, 2.75) is 51.7 Å². The molecule has 0 aromatic rings. The summed E-state index contributed by atoms with van der Waals surface area (Å²) in [5, 5.41) is 0. The lowest BCUT2D eigenvalue weighted by atomic mass is 10.1. The van der Waals surface area contributed by atoms with E-state index in [1.165, 1.54) is 0 Å². The van der Waals surface area contributed by atoms with Crippen molar-refractivity contribution in [2.75, 3.05) is 6.54 Å². The van der Waals surface area contributed by atoms with Crippen LogP contribution in [0.4, 0.5) is 4.79 Å². The van der Waals surface area contributed by atoms with E-state index in [1.807, 2.05) is 20.8 Å². The molecule has 0 aromatic carbocycles. The van der Waals surface area contributed by atoms with Gasteiger partial charge in [-0.3, -0.25) is 4.79 Å². The molecule has 1 amide bonds. The van der Waals surface area contributed by atoms with Gasteiger partial charge >= 0.3 is 6.09 Å². The van der Waals surface area contributed by atoms with Crippen molar-refractivity contribution in [3.05, 3.63) is 0 Å². The third kappa shape index (κ3) is 4.10. The van der Waals surface area contributed by atoms with Gasteiger partial charge in [-0.25, -0.2) is 4.79 Å². The second kappa shape index (κ2) is 5.22. The molecule has 0 bridgehead atoms. The lowest BCUT2D eigenvalue weighted by Gasteiger charge is -2.28. The van der Waals surface area contributed by atoms with E-state index in [0.717, 1.165) is 12.8 Å². The van der Waals surface area contributed by atoms with Crippen molar-refractivity contribution in [3.63, 3.8) is 0 Å². The summed E-state index contributed by atoms with van der Waals surface area (Å²) in [5.74, 6) is 1.82. The third-order valence-electron chi connectivity index (χ3n) is 2.59. The first-order valence-corrected chi connectivity index (χ1v) is 5.82. The van der Waals surface area contributed by atoms with Crippen LogP contribution in [0.1, 0.15) is 40.0 Å². The second-order valence-electron chi connectivity index (χ2n) is 5.24. The molecule has 1 atom stereocenters. The summed E-state index contributed by atoms with van der Waals surface area (Å²) in [7, 11) is 0. The van der Waals surface area contributed by atoms with Crippen LogP contribution in [0.2, 0.25) is 0 Å². The highest BCUT2D eigenvalue weighted by Crippen LogP contribution is 2.23. The van der Waals surface area contributed by atoms with Gasteiger partial charge < -0.3 is 9.64 Å². The van der Waals surface area contributed by atoms with Crippen LogP contribution in [-0.4, -0.2) is 35.0 Å². The normalized spacial score (nSPS) is 19.9. The summed E-state index contributed by atoms with van der Waals surface area (Å²) in [6.07, 6.45) is 6.62. The van der Waals surface area contributed by atoms with E-state index in [4.69, 9.17) is 11.2 Å². The molecule has 0 aliphatic carbocycles. The Morgan fingerprint density at radius 2 is 2.12 bits per heavy atom. The SMILES string of the molecule is C#CC(=O)CC1CCCN1C(=O)OC(C)(C)C. The first-order valence-electron chi connectivity index (χ1n) is 5.82. The molecule has 1 saturated heterocycles. The van der Waals surface area contributed by atoms with Crippen LogP contribution in [0, 0.1) is 12.3 Å². The van der Waals surface area contributed by atoms with Gasteiger partial charge in [0.15, 0.2) is 0 Å². The lowest BCUT2D eigenvalue weighted by Crippen LogP contribution is -2.40. The summed E-state index contributed by atoms with van der Waals surface area (Å²) in [5.41, 5.74) is -0.514. The average molecular weight is 237 g/mol. The minimum absolute atomic E-state index is 0.103. The van der Waals surface area contributed by atoms with E-state index in [0.29, 0.717) is 6.54 Å². The minimum atomic E-state index is -0.514. The molecule has 17 heavy (non-hydrogen) atoms. The molecule has 4 nitrogen and oxygen atoms in total. The van der Waals surface area contributed by atoms with E-state index in [2.05, 4.69) is 5.92 Å². The number of terminal acetylenes is 1. The molecule has 0 aromatic heterocycles. The van der Waals surface area contributed by atoms with Gasteiger partial charge in [0.1, 0.15) is 5.60 Å². The van der Waals surface area contributed by atoms with Crippen molar-refractivity contribution < 1.29 is 14.3 Å². The summed E-state index contributed by atoms with van der Waals surface area (Å²) in [6.45, 7) is 6.10.